The van der Waals surface area contributed by atoms with Crippen LogP contribution in [0.3, 0.4) is 0 Å². The highest BCUT2D eigenvalue weighted by atomic mass is 35.5. The predicted molar refractivity (Wildman–Crippen MR) is 92.5 cm³/mol. The van der Waals surface area contributed by atoms with Gasteiger partial charge in [0.1, 0.15) is 5.75 Å². The largest absolute Gasteiger partial charge is 0.507 e. The lowest BCUT2D eigenvalue weighted by atomic mass is 10.1. The molecule has 0 aliphatic rings. The smallest absolute Gasteiger partial charge is 0.416 e. The number of rotatable bonds is 3. The Hall–Kier alpha value is -2.51. The first-order valence-electron chi connectivity index (χ1n) is 7.58. The number of halogens is 4. The van der Waals surface area contributed by atoms with Crippen molar-refractivity contribution < 1.29 is 23.4 Å². The van der Waals surface area contributed by atoms with Gasteiger partial charge in [-0.25, -0.2) is 0 Å². The molecule has 2 aromatic carbocycles. The number of H-pyrrole nitrogens is 1. The molecule has 0 fully saturated rings. The van der Waals surface area contributed by atoms with Crippen molar-refractivity contribution in [3.05, 3.63) is 62.9 Å². The molecule has 0 spiro atoms. The third kappa shape index (κ3) is 3.27. The highest BCUT2D eigenvalue weighted by molar-refractivity contribution is 6.31. The lowest BCUT2D eigenvalue weighted by Crippen LogP contribution is -2.16. The second-order valence-corrected chi connectivity index (χ2v) is 6.14. The van der Waals surface area contributed by atoms with E-state index in [2.05, 4.69) is 4.98 Å². The number of pyridine rings is 1. The van der Waals surface area contributed by atoms with Crippen molar-refractivity contribution in [1.82, 2.24) is 4.98 Å². The van der Waals surface area contributed by atoms with Crippen LogP contribution in [0.25, 0.3) is 22.0 Å². The van der Waals surface area contributed by atoms with Gasteiger partial charge in [-0.1, -0.05) is 11.6 Å². The second kappa shape index (κ2) is 6.66. The van der Waals surface area contributed by atoms with Crippen molar-refractivity contribution in [3.8, 4) is 16.9 Å². The maximum absolute atomic E-state index is 13.1. The van der Waals surface area contributed by atoms with E-state index in [1.54, 1.807) is 0 Å². The van der Waals surface area contributed by atoms with Crippen LogP contribution in [-0.4, -0.2) is 21.8 Å². The summed E-state index contributed by atoms with van der Waals surface area (Å²) in [5.41, 5.74) is -0.966. The van der Waals surface area contributed by atoms with Gasteiger partial charge in [-0.05, 0) is 36.4 Å². The molecule has 0 amide bonds. The van der Waals surface area contributed by atoms with Crippen LogP contribution in [0.4, 0.5) is 13.2 Å². The normalized spacial score (nSPS) is 11.9. The Balaban J connectivity index is 2.48. The number of phenolic OH excluding ortho intramolecular Hbond substituents is 1. The maximum atomic E-state index is 13.1. The molecule has 0 saturated heterocycles. The number of phenols is 1. The van der Waals surface area contributed by atoms with Crippen LogP contribution in [0.2, 0.25) is 5.02 Å². The first-order valence-corrected chi connectivity index (χ1v) is 7.96. The van der Waals surface area contributed by atoms with Crippen molar-refractivity contribution in [2.75, 3.05) is 6.61 Å². The van der Waals surface area contributed by atoms with E-state index < -0.39 is 17.3 Å². The number of hydrogen-bond acceptors (Lipinski definition) is 3. The zero-order valence-corrected chi connectivity index (χ0v) is 13.9. The molecule has 0 bridgehead atoms. The van der Waals surface area contributed by atoms with E-state index in [4.69, 9.17) is 11.6 Å². The summed E-state index contributed by atoms with van der Waals surface area (Å²) in [5, 5.41) is 19.8. The number of nitrogens with one attached hydrogen (secondary N) is 1. The minimum atomic E-state index is -4.57. The van der Waals surface area contributed by atoms with Gasteiger partial charge in [0.15, 0.2) is 0 Å². The quantitative estimate of drug-likeness (QED) is 0.635. The Labute approximate surface area is 150 Å². The summed E-state index contributed by atoms with van der Waals surface area (Å²) in [6.07, 6.45) is -4.67. The molecule has 0 radical (unpaired) electrons. The van der Waals surface area contributed by atoms with E-state index in [1.807, 2.05) is 0 Å². The van der Waals surface area contributed by atoms with Gasteiger partial charge in [-0.2, -0.15) is 13.2 Å². The van der Waals surface area contributed by atoms with Crippen LogP contribution in [-0.2, 0) is 12.6 Å². The van der Waals surface area contributed by atoms with Crippen molar-refractivity contribution in [1.29, 1.82) is 0 Å². The van der Waals surface area contributed by atoms with Crippen LogP contribution in [0.5, 0.6) is 5.75 Å². The Kier molecular flexibility index (Phi) is 4.68. The SMILES string of the molecule is O=c1[nH]c2ccc(C(F)(F)F)cc2[14c](-c2cc(Cl)ccc2O)c1CCO. The van der Waals surface area contributed by atoms with Crippen LogP contribution >= 0.6 is 11.6 Å². The summed E-state index contributed by atoms with van der Waals surface area (Å²) in [4.78, 5) is 14.9. The van der Waals surface area contributed by atoms with Crippen molar-refractivity contribution in [2.24, 2.45) is 0 Å². The minimum Gasteiger partial charge on any atom is -0.507 e. The van der Waals surface area contributed by atoms with E-state index in [0.717, 1.165) is 18.2 Å². The lowest BCUT2D eigenvalue weighted by Gasteiger charge is -2.15. The van der Waals surface area contributed by atoms with Crippen LogP contribution in [0.15, 0.2) is 41.2 Å². The molecule has 3 aromatic rings. The second-order valence-electron chi connectivity index (χ2n) is 5.70. The summed E-state index contributed by atoms with van der Waals surface area (Å²) >= 11 is 5.96. The number of hydrogen-bond donors (Lipinski definition) is 3. The van der Waals surface area contributed by atoms with Gasteiger partial charge in [0.2, 0.25) is 0 Å². The molecule has 0 aliphatic heterocycles. The van der Waals surface area contributed by atoms with E-state index >= 15 is 0 Å². The van der Waals surface area contributed by atoms with Crippen LogP contribution in [0.1, 0.15) is 11.1 Å². The average molecular weight is 386 g/mol. The molecule has 0 atom stereocenters. The zero-order valence-electron chi connectivity index (χ0n) is 13.2. The number of aromatic hydroxyl groups is 1. The fourth-order valence-electron chi connectivity index (χ4n) is 2.88. The van der Waals surface area contributed by atoms with Gasteiger partial charge in [-0.3, -0.25) is 4.79 Å². The molecular formula is C18H13ClF3NO3. The third-order valence-electron chi connectivity index (χ3n) is 4.03. The predicted octanol–water partition coefficient (Wildman–Crippen LogP) is 4.11. The summed E-state index contributed by atoms with van der Waals surface area (Å²) in [5.74, 6) is -0.238. The van der Waals surface area contributed by atoms with E-state index in [0.29, 0.717) is 0 Å². The van der Waals surface area contributed by atoms with Gasteiger partial charge in [0.05, 0.1) is 5.56 Å². The summed E-state index contributed by atoms with van der Waals surface area (Å²) < 4.78 is 39.4. The first kappa shape index (κ1) is 18.3. The number of aliphatic hydroxyl groups excluding tert-OH is 1. The van der Waals surface area contributed by atoms with Crippen LogP contribution < -0.4 is 5.56 Å². The molecule has 0 unspecified atom stereocenters. The first-order chi connectivity index (χ1) is 12.2. The fourth-order valence-corrected chi connectivity index (χ4v) is 3.05. The highest BCUT2D eigenvalue weighted by Crippen LogP contribution is 2.39. The molecule has 26 heavy (non-hydrogen) atoms. The van der Waals surface area contributed by atoms with E-state index in [-0.39, 0.29) is 51.4 Å². The molecule has 8 heteroatoms. The Morgan fingerprint density at radius 1 is 1.15 bits per heavy atom. The molecule has 136 valence electrons. The topological polar surface area (TPSA) is 73.3 Å². The Morgan fingerprint density at radius 3 is 2.54 bits per heavy atom. The molecule has 4 nitrogen and oxygen atoms in total. The monoisotopic (exact) mass is 385 g/mol. The molecule has 1 aromatic heterocycles. The summed E-state index contributed by atoms with van der Waals surface area (Å²) in [6, 6.07) is 7.01. The van der Waals surface area contributed by atoms with Gasteiger partial charge < -0.3 is 15.2 Å². The van der Waals surface area contributed by atoms with Crippen molar-refractivity contribution in [2.45, 2.75) is 12.6 Å². The standard InChI is InChI=1S/C18H13ClF3NO3/c19-10-2-4-15(25)13(8-10)16-11(5-6-24)17(26)23-14-3-1-9(7-12(14)16)18(20,21)22/h1-4,7-8,24-25H,5-6H2,(H,23,26)/i16+2. The molecule has 0 aliphatic carbocycles. The Morgan fingerprint density at radius 2 is 1.88 bits per heavy atom. The number of benzene rings is 2. The fraction of sp³-hybridized carbons (Fsp3) is 0.167. The molecule has 3 N–H and O–H groups in total. The average Bonchev–Trinajstić information content (AvgIpc) is 2.57. The minimum absolute atomic E-state index is 0.0666. The van der Waals surface area contributed by atoms with Crippen molar-refractivity contribution in [3.63, 3.8) is 0 Å². The number of aliphatic hydroxyl groups is 1. The van der Waals surface area contributed by atoms with Crippen LogP contribution in [0, 0.1) is 0 Å². The summed E-state index contributed by atoms with van der Waals surface area (Å²) in [6.45, 7) is -0.387. The molecular weight excluding hydrogens is 373 g/mol. The summed E-state index contributed by atoms with van der Waals surface area (Å²) in [7, 11) is 0. The van der Waals surface area contributed by atoms with Gasteiger partial charge >= 0.3 is 6.18 Å². The third-order valence-corrected chi connectivity index (χ3v) is 4.27. The van der Waals surface area contributed by atoms with Gasteiger partial charge in [0, 0.05) is 45.6 Å². The number of alkyl halides is 3. The van der Waals surface area contributed by atoms with Gasteiger partial charge in [0.25, 0.3) is 5.56 Å². The van der Waals surface area contributed by atoms with E-state index in [1.165, 1.54) is 18.2 Å². The molecule has 1 heterocycles. The maximum Gasteiger partial charge on any atom is 0.416 e. The Bertz CT molecular complexity index is 1040. The van der Waals surface area contributed by atoms with Crippen molar-refractivity contribution >= 4 is 22.5 Å². The molecule has 3 rings (SSSR count). The lowest BCUT2D eigenvalue weighted by molar-refractivity contribution is -0.137. The molecule has 0 saturated carbocycles. The number of aromatic amines is 1. The zero-order chi connectivity index (χ0) is 19.1. The number of aromatic nitrogens is 1. The van der Waals surface area contributed by atoms with Gasteiger partial charge in [-0.15, -0.1) is 0 Å². The highest BCUT2D eigenvalue weighted by Gasteiger charge is 2.31. The van der Waals surface area contributed by atoms with E-state index in [9.17, 15) is 28.2 Å². The number of fused-ring (bicyclic) bond motifs is 1.